The van der Waals surface area contributed by atoms with Crippen LogP contribution in [0.25, 0.3) is 0 Å². The van der Waals surface area contributed by atoms with Crippen molar-refractivity contribution in [2.75, 3.05) is 0 Å². The molecule has 1 aliphatic carbocycles. The number of alkyl halides is 2. The first-order chi connectivity index (χ1) is 4.63. The van der Waals surface area contributed by atoms with Gasteiger partial charge in [0.05, 0.1) is 3.92 Å². The quantitative estimate of drug-likeness (QED) is 0.461. The van der Waals surface area contributed by atoms with Gasteiger partial charge >= 0.3 is 0 Å². The Bertz CT molecular complexity index is 174. The van der Waals surface area contributed by atoms with Crippen LogP contribution in [0, 0.1) is 0 Å². The van der Waals surface area contributed by atoms with Gasteiger partial charge in [-0.3, -0.25) is 0 Å². The molecule has 0 nitrogen and oxygen atoms in total. The summed E-state index contributed by atoms with van der Waals surface area (Å²) in [5, 5.41) is 0. The monoisotopic (exact) mass is 256 g/mol. The molecule has 0 saturated heterocycles. The van der Waals surface area contributed by atoms with Crippen LogP contribution in [0.1, 0.15) is 6.92 Å². The minimum atomic E-state index is -1.44. The molecule has 56 valence electrons. The van der Waals surface area contributed by atoms with Crippen molar-refractivity contribution in [3.8, 4) is 0 Å². The van der Waals surface area contributed by atoms with Crippen LogP contribution in [-0.4, -0.2) is 10.1 Å². The van der Waals surface area contributed by atoms with E-state index in [2.05, 4.69) is 0 Å². The molecule has 0 bridgehead atoms. The largest absolute Gasteiger partial charge is 0.238 e. The average molecular weight is 256 g/mol. The number of rotatable bonds is 0. The Hall–Kier alpha value is 0.0700. The molecule has 0 heterocycles. The van der Waals surface area contributed by atoms with Crippen molar-refractivity contribution < 1.29 is 8.78 Å². The lowest BCUT2D eigenvalue weighted by atomic mass is 10.0. The molecular formula is C7H7F2I. The van der Waals surface area contributed by atoms with Gasteiger partial charge in [0.15, 0.2) is 6.17 Å². The lowest BCUT2D eigenvalue weighted by Gasteiger charge is -2.17. The highest BCUT2D eigenvalue weighted by Crippen LogP contribution is 2.28. The van der Waals surface area contributed by atoms with Crippen molar-refractivity contribution in [2.45, 2.75) is 17.0 Å². The third-order valence-electron chi connectivity index (χ3n) is 1.46. The van der Waals surface area contributed by atoms with Crippen molar-refractivity contribution in [2.24, 2.45) is 0 Å². The normalized spacial score (nSPS) is 33.2. The summed E-state index contributed by atoms with van der Waals surface area (Å²) < 4.78 is 24.8. The molecule has 0 N–H and O–H groups in total. The van der Waals surface area contributed by atoms with Crippen LogP contribution < -0.4 is 0 Å². The third-order valence-corrected chi connectivity index (χ3v) is 3.07. The zero-order valence-corrected chi connectivity index (χ0v) is 7.60. The van der Waals surface area contributed by atoms with Gasteiger partial charge in [0.2, 0.25) is 0 Å². The lowest BCUT2D eigenvalue weighted by Crippen LogP contribution is -2.19. The van der Waals surface area contributed by atoms with Crippen LogP contribution in [0.15, 0.2) is 23.6 Å². The first kappa shape index (κ1) is 8.17. The number of hydrogen-bond donors (Lipinski definition) is 0. The van der Waals surface area contributed by atoms with E-state index >= 15 is 0 Å². The maximum absolute atomic E-state index is 12.7. The van der Waals surface area contributed by atoms with E-state index in [0.29, 0.717) is 0 Å². The van der Waals surface area contributed by atoms with Gasteiger partial charge in [-0.25, -0.2) is 8.78 Å². The molecular weight excluding hydrogens is 249 g/mol. The average Bonchev–Trinajstić information content (AvgIpc) is 1.93. The summed E-state index contributed by atoms with van der Waals surface area (Å²) >= 11 is 1.90. The Morgan fingerprint density at radius 3 is 2.60 bits per heavy atom. The van der Waals surface area contributed by atoms with E-state index in [1.807, 2.05) is 22.6 Å². The van der Waals surface area contributed by atoms with E-state index in [-0.39, 0.29) is 3.92 Å². The first-order valence-corrected chi connectivity index (χ1v) is 4.19. The number of hydrogen-bond acceptors (Lipinski definition) is 0. The molecule has 0 fully saturated rings. The second-order valence-electron chi connectivity index (χ2n) is 2.27. The van der Waals surface area contributed by atoms with Gasteiger partial charge in [0.25, 0.3) is 0 Å². The van der Waals surface area contributed by atoms with E-state index in [9.17, 15) is 8.78 Å². The van der Waals surface area contributed by atoms with E-state index in [1.54, 1.807) is 13.0 Å². The zero-order chi connectivity index (χ0) is 7.72. The molecule has 0 aliphatic heterocycles. The van der Waals surface area contributed by atoms with Crippen LogP contribution in [0.3, 0.4) is 0 Å². The SMILES string of the molecule is CC1=CC=C(F)C(F)[C@H]1I. The van der Waals surface area contributed by atoms with E-state index in [4.69, 9.17) is 0 Å². The molecule has 1 unspecified atom stereocenters. The maximum atomic E-state index is 12.7. The van der Waals surface area contributed by atoms with Crippen molar-refractivity contribution >= 4 is 22.6 Å². The third kappa shape index (κ3) is 1.38. The van der Waals surface area contributed by atoms with E-state index in [1.165, 1.54) is 6.08 Å². The molecule has 1 aliphatic rings. The molecule has 2 atom stereocenters. The standard InChI is InChI=1S/C7H7F2I/c1-4-2-3-5(8)6(9)7(4)10/h2-3,6-7H,1H3/t6?,7-/m0/s1. The smallest absolute Gasteiger partial charge is 0.167 e. The summed E-state index contributed by atoms with van der Waals surface area (Å²) in [4.78, 5) is 0. The molecule has 0 amide bonds. The highest BCUT2D eigenvalue weighted by molar-refractivity contribution is 14.1. The van der Waals surface area contributed by atoms with Crippen molar-refractivity contribution in [3.63, 3.8) is 0 Å². The fourth-order valence-electron chi connectivity index (χ4n) is 0.766. The molecule has 0 aromatic heterocycles. The molecule has 0 radical (unpaired) electrons. The zero-order valence-electron chi connectivity index (χ0n) is 5.44. The van der Waals surface area contributed by atoms with E-state index < -0.39 is 12.0 Å². The topological polar surface area (TPSA) is 0 Å². The lowest BCUT2D eigenvalue weighted by molar-refractivity contribution is 0.332. The van der Waals surface area contributed by atoms with Gasteiger partial charge in [-0.05, 0) is 13.0 Å². The molecule has 0 spiro atoms. The highest BCUT2D eigenvalue weighted by atomic mass is 127. The van der Waals surface area contributed by atoms with Crippen LogP contribution >= 0.6 is 22.6 Å². The first-order valence-electron chi connectivity index (χ1n) is 2.95. The van der Waals surface area contributed by atoms with Gasteiger partial charge in [-0.15, -0.1) is 0 Å². The van der Waals surface area contributed by atoms with E-state index in [0.717, 1.165) is 5.57 Å². The summed E-state index contributed by atoms with van der Waals surface area (Å²) in [5.74, 6) is -0.662. The van der Waals surface area contributed by atoms with Gasteiger partial charge < -0.3 is 0 Å². The Labute approximate surface area is 72.1 Å². The van der Waals surface area contributed by atoms with Gasteiger partial charge in [-0.2, -0.15) is 0 Å². The van der Waals surface area contributed by atoms with Crippen molar-refractivity contribution in [1.82, 2.24) is 0 Å². The van der Waals surface area contributed by atoms with Gasteiger partial charge in [-0.1, -0.05) is 34.2 Å². The van der Waals surface area contributed by atoms with Crippen molar-refractivity contribution in [1.29, 1.82) is 0 Å². The second kappa shape index (κ2) is 2.98. The predicted octanol–water partition coefficient (Wildman–Crippen LogP) is 2.94. The Kier molecular flexibility index (Phi) is 2.44. The van der Waals surface area contributed by atoms with Crippen LogP contribution in [0.5, 0.6) is 0 Å². The van der Waals surface area contributed by atoms with Gasteiger partial charge in [0, 0.05) is 0 Å². The fourth-order valence-corrected chi connectivity index (χ4v) is 1.32. The maximum Gasteiger partial charge on any atom is 0.167 e. The number of halogens is 3. The molecule has 3 heteroatoms. The van der Waals surface area contributed by atoms with Gasteiger partial charge in [0.1, 0.15) is 5.83 Å². The molecule has 0 aromatic rings. The molecule has 10 heavy (non-hydrogen) atoms. The van der Waals surface area contributed by atoms with Crippen LogP contribution in [0.2, 0.25) is 0 Å². The Morgan fingerprint density at radius 2 is 2.10 bits per heavy atom. The predicted molar refractivity (Wildman–Crippen MR) is 45.7 cm³/mol. The molecule has 1 rings (SSSR count). The summed E-state index contributed by atoms with van der Waals surface area (Å²) in [7, 11) is 0. The minimum Gasteiger partial charge on any atom is -0.238 e. The summed E-state index contributed by atoms with van der Waals surface area (Å²) in [6, 6.07) is 0. The number of allylic oxidation sites excluding steroid dienone is 4. The summed E-state index contributed by atoms with van der Waals surface area (Å²) in [6.07, 6.45) is 1.36. The molecule has 0 aromatic carbocycles. The second-order valence-corrected chi connectivity index (χ2v) is 3.61. The van der Waals surface area contributed by atoms with Crippen LogP contribution in [-0.2, 0) is 0 Å². The minimum absolute atomic E-state index is 0.331. The van der Waals surface area contributed by atoms with Crippen molar-refractivity contribution in [3.05, 3.63) is 23.6 Å². The summed E-state index contributed by atoms with van der Waals surface area (Å²) in [5.41, 5.74) is 0.884. The summed E-state index contributed by atoms with van der Waals surface area (Å²) in [6.45, 7) is 1.80. The Morgan fingerprint density at radius 1 is 1.50 bits per heavy atom. The fraction of sp³-hybridized carbons (Fsp3) is 0.429. The highest BCUT2D eigenvalue weighted by Gasteiger charge is 2.26. The van der Waals surface area contributed by atoms with Crippen LogP contribution in [0.4, 0.5) is 8.78 Å². The molecule has 0 saturated carbocycles. The Balaban J connectivity index is 2.86.